The summed E-state index contributed by atoms with van der Waals surface area (Å²) in [6.07, 6.45) is 0. The molecule has 2 aliphatic heterocycles. The van der Waals surface area contributed by atoms with Crippen LogP contribution in [-0.2, 0) is 0 Å². The number of aliphatic imine (C=N–C) groups is 1. The van der Waals surface area contributed by atoms with Crippen molar-refractivity contribution in [1.82, 2.24) is 15.1 Å². The van der Waals surface area contributed by atoms with Gasteiger partial charge in [-0.05, 0) is 45.0 Å². The van der Waals surface area contributed by atoms with Crippen LogP contribution in [0.1, 0.15) is 26.3 Å². The fourth-order valence-corrected chi connectivity index (χ4v) is 3.69. The molecule has 0 radical (unpaired) electrons. The number of ether oxygens (including phenoxy) is 1. The zero-order chi connectivity index (χ0) is 19.7. The smallest absolute Gasteiger partial charge is 0.317 e. The molecule has 6 nitrogen and oxygen atoms in total. The van der Waals surface area contributed by atoms with Crippen molar-refractivity contribution < 1.29 is 9.53 Å². The minimum atomic E-state index is -0.000894. The van der Waals surface area contributed by atoms with E-state index >= 15 is 0 Å². The maximum absolute atomic E-state index is 12.5. The molecule has 0 spiro atoms. The summed E-state index contributed by atoms with van der Waals surface area (Å²) < 4.78 is 6.14. The minimum absolute atomic E-state index is 0.000894. The Kier molecular flexibility index (Phi) is 4.94. The average Bonchev–Trinajstić information content (AvgIpc) is 2.84. The van der Waals surface area contributed by atoms with Gasteiger partial charge in [-0.3, -0.25) is 0 Å². The van der Waals surface area contributed by atoms with Crippen molar-refractivity contribution in [1.29, 1.82) is 0 Å². The molecule has 146 valence electrons. The molecule has 1 saturated heterocycles. The number of rotatable bonds is 1. The first-order chi connectivity index (χ1) is 13.5. The molecule has 2 heterocycles. The predicted molar refractivity (Wildman–Crippen MR) is 111 cm³/mol. The van der Waals surface area contributed by atoms with E-state index in [1.54, 1.807) is 0 Å². The number of piperazine rings is 1. The number of carbonyl (C=O) groups is 1. The Balaban J connectivity index is 1.64. The summed E-state index contributed by atoms with van der Waals surface area (Å²) >= 11 is 0. The molecular weight excluding hydrogens is 352 g/mol. The summed E-state index contributed by atoms with van der Waals surface area (Å²) in [6.45, 7) is 8.15. The molecule has 2 aliphatic rings. The number of amidine groups is 1. The first-order valence-corrected chi connectivity index (χ1v) is 9.80. The van der Waals surface area contributed by atoms with Crippen molar-refractivity contribution in [3.63, 3.8) is 0 Å². The molecule has 1 atom stereocenters. The molecule has 2 aromatic rings. The van der Waals surface area contributed by atoms with E-state index in [4.69, 9.17) is 9.73 Å². The molecule has 0 aliphatic carbocycles. The summed E-state index contributed by atoms with van der Waals surface area (Å²) in [5.74, 6) is 2.46. The van der Waals surface area contributed by atoms with Crippen molar-refractivity contribution >= 4 is 17.6 Å². The molecule has 1 N–H and O–H groups in total. The molecule has 0 saturated carbocycles. The molecule has 1 unspecified atom stereocenters. The average molecular weight is 378 g/mol. The maximum Gasteiger partial charge on any atom is 0.317 e. The lowest BCUT2D eigenvalue weighted by molar-refractivity contribution is 0.133. The summed E-state index contributed by atoms with van der Waals surface area (Å²) in [6, 6.07) is 16.0. The van der Waals surface area contributed by atoms with E-state index in [-0.39, 0.29) is 18.1 Å². The van der Waals surface area contributed by atoms with Crippen LogP contribution in [0.15, 0.2) is 53.5 Å². The second-order valence-corrected chi connectivity index (χ2v) is 7.59. The van der Waals surface area contributed by atoms with Crippen LogP contribution < -0.4 is 10.1 Å². The van der Waals surface area contributed by atoms with Gasteiger partial charge in [-0.15, -0.1) is 0 Å². The molecule has 6 heteroatoms. The van der Waals surface area contributed by atoms with Crippen LogP contribution in [0.3, 0.4) is 0 Å². The zero-order valence-electron chi connectivity index (χ0n) is 16.6. The highest BCUT2D eigenvalue weighted by atomic mass is 16.5. The van der Waals surface area contributed by atoms with Crippen molar-refractivity contribution in [2.75, 3.05) is 19.6 Å². The quantitative estimate of drug-likeness (QED) is 0.816. The number of nitrogens with zero attached hydrogens (tertiary/aromatic N) is 3. The number of fused-ring (bicyclic) bond motifs is 2. The Morgan fingerprint density at radius 1 is 1.11 bits per heavy atom. The van der Waals surface area contributed by atoms with Gasteiger partial charge in [0, 0.05) is 31.7 Å². The number of nitrogens with one attached hydrogen (secondary N) is 1. The second kappa shape index (κ2) is 7.54. The Morgan fingerprint density at radius 2 is 1.82 bits per heavy atom. The van der Waals surface area contributed by atoms with Crippen LogP contribution in [0.25, 0.3) is 0 Å². The van der Waals surface area contributed by atoms with Crippen LogP contribution in [0, 0.1) is 0 Å². The molecule has 2 aromatic carbocycles. The molecule has 0 bridgehead atoms. The predicted octanol–water partition coefficient (Wildman–Crippen LogP) is 3.99. The standard InChI is InChI=1S/C22H26N4O2/c1-15(2)23-22(27)26-13-12-25(14-16(26)3)21-17-8-4-6-10-19(17)28-20-11-7-5-9-18(20)24-21/h4-11,15-16H,12-14H2,1-3H3,(H,23,27). The first-order valence-electron chi connectivity index (χ1n) is 9.80. The highest BCUT2D eigenvalue weighted by Gasteiger charge is 2.31. The van der Waals surface area contributed by atoms with E-state index < -0.39 is 0 Å². The first kappa shape index (κ1) is 18.3. The molecule has 28 heavy (non-hydrogen) atoms. The van der Waals surface area contributed by atoms with Gasteiger partial charge >= 0.3 is 6.03 Å². The van der Waals surface area contributed by atoms with E-state index in [1.807, 2.05) is 67.3 Å². The zero-order valence-corrected chi connectivity index (χ0v) is 16.6. The number of urea groups is 1. The van der Waals surface area contributed by atoms with E-state index in [0.717, 1.165) is 41.7 Å². The maximum atomic E-state index is 12.5. The van der Waals surface area contributed by atoms with E-state index in [2.05, 4.69) is 17.1 Å². The van der Waals surface area contributed by atoms with Gasteiger partial charge in [-0.1, -0.05) is 24.3 Å². The van der Waals surface area contributed by atoms with Gasteiger partial charge in [-0.25, -0.2) is 9.79 Å². The molecule has 1 fully saturated rings. The third-order valence-electron chi connectivity index (χ3n) is 5.04. The van der Waals surface area contributed by atoms with Crippen molar-refractivity contribution in [3.8, 4) is 11.5 Å². The van der Waals surface area contributed by atoms with Crippen LogP contribution in [0.2, 0.25) is 0 Å². The number of hydrogen-bond donors (Lipinski definition) is 1. The number of hydrogen-bond acceptors (Lipinski definition) is 4. The summed E-state index contributed by atoms with van der Waals surface area (Å²) in [5.41, 5.74) is 1.80. The Hall–Kier alpha value is -3.02. The van der Waals surface area contributed by atoms with E-state index in [0.29, 0.717) is 6.54 Å². The van der Waals surface area contributed by atoms with Crippen LogP contribution in [0.4, 0.5) is 10.5 Å². The fourth-order valence-electron chi connectivity index (χ4n) is 3.69. The van der Waals surface area contributed by atoms with Gasteiger partial charge in [0.15, 0.2) is 5.75 Å². The Morgan fingerprint density at radius 3 is 2.57 bits per heavy atom. The fraction of sp³-hybridized carbons (Fsp3) is 0.364. The van der Waals surface area contributed by atoms with Crippen molar-refractivity contribution in [2.45, 2.75) is 32.9 Å². The SMILES string of the molecule is CC(C)NC(=O)N1CCN(C2=Nc3ccccc3Oc3ccccc32)CC1C. The van der Waals surface area contributed by atoms with Gasteiger partial charge < -0.3 is 19.9 Å². The lowest BCUT2D eigenvalue weighted by Gasteiger charge is -2.41. The second-order valence-electron chi connectivity index (χ2n) is 7.59. The largest absolute Gasteiger partial charge is 0.454 e. The highest BCUT2D eigenvalue weighted by molar-refractivity contribution is 6.03. The summed E-state index contributed by atoms with van der Waals surface area (Å²) in [5, 5.41) is 2.99. The van der Waals surface area contributed by atoms with Crippen LogP contribution in [0.5, 0.6) is 11.5 Å². The van der Waals surface area contributed by atoms with Crippen molar-refractivity contribution in [3.05, 3.63) is 54.1 Å². The lowest BCUT2D eigenvalue weighted by Crippen LogP contribution is -2.58. The third-order valence-corrected chi connectivity index (χ3v) is 5.04. The molecule has 2 amide bonds. The van der Waals surface area contributed by atoms with Gasteiger partial charge in [0.2, 0.25) is 0 Å². The monoisotopic (exact) mass is 378 g/mol. The molecular formula is C22H26N4O2. The summed E-state index contributed by atoms with van der Waals surface area (Å²) in [4.78, 5) is 21.6. The number of benzene rings is 2. The highest BCUT2D eigenvalue weighted by Crippen LogP contribution is 2.38. The third kappa shape index (κ3) is 3.54. The topological polar surface area (TPSA) is 57.2 Å². The van der Waals surface area contributed by atoms with E-state index in [1.165, 1.54) is 0 Å². The Labute approximate surface area is 165 Å². The van der Waals surface area contributed by atoms with Gasteiger partial charge in [-0.2, -0.15) is 0 Å². The normalized spacial score (nSPS) is 18.6. The van der Waals surface area contributed by atoms with Crippen LogP contribution in [-0.4, -0.2) is 53.4 Å². The molecule has 4 rings (SSSR count). The van der Waals surface area contributed by atoms with Crippen molar-refractivity contribution in [2.24, 2.45) is 4.99 Å². The minimum Gasteiger partial charge on any atom is -0.454 e. The molecule has 0 aromatic heterocycles. The number of amides is 2. The Bertz CT molecular complexity index is 909. The van der Waals surface area contributed by atoms with Gasteiger partial charge in [0.05, 0.1) is 5.56 Å². The van der Waals surface area contributed by atoms with E-state index in [9.17, 15) is 4.79 Å². The van der Waals surface area contributed by atoms with Gasteiger partial charge in [0.1, 0.15) is 17.3 Å². The lowest BCUT2D eigenvalue weighted by atomic mass is 10.1. The van der Waals surface area contributed by atoms with Gasteiger partial charge in [0.25, 0.3) is 0 Å². The number of para-hydroxylation sites is 3. The van der Waals surface area contributed by atoms with Crippen LogP contribution >= 0.6 is 0 Å². The summed E-state index contributed by atoms with van der Waals surface area (Å²) in [7, 11) is 0. The number of carbonyl (C=O) groups excluding carboxylic acids is 1.